The van der Waals surface area contributed by atoms with Crippen molar-refractivity contribution in [3.8, 4) is 0 Å². The predicted octanol–water partition coefficient (Wildman–Crippen LogP) is 1.06. The summed E-state index contributed by atoms with van der Waals surface area (Å²) in [4.78, 5) is 12.8. The van der Waals surface area contributed by atoms with Crippen molar-refractivity contribution in [3.63, 3.8) is 0 Å². The minimum Gasteiger partial charge on any atom is -0.447 e. The molecule has 0 saturated heterocycles. The van der Waals surface area contributed by atoms with E-state index in [-0.39, 0.29) is 5.91 Å². The van der Waals surface area contributed by atoms with Gasteiger partial charge in [0.05, 0.1) is 6.26 Å². The van der Waals surface area contributed by atoms with Gasteiger partial charge < -0.3 is 14.6 Å². The molecule has 0 spiro atoms. The van der Waals surface area contributed by atoms with Gasteiger partial charge in [-0.2, -0.15) is 0 Å². The molecule has 4 heteroatoms. The fourth-order valence-electron chi connectivity index (χ4n) is 1.38. The molecule has 1 aliphatic heterocycles. The minimum atomic E-state index is 0.0548. The number of hydrogen-bond acceptors (Lipinski definition) is 3. The van der Waals surface area contributed by atoms with Crippen LogP contribution in [0.15, 0.2) is 16.7 Å². The van der Waals surface area contributed by atoms with Crippen molar-refractivity contribution >= 4 is 17.5 Å². The van der Waals surface area contributed by atoms with Gasteiger partial charge in [-0.05, 0) is 0 Å². The van der Waals surface area contributed by atoms with Gasteiger partial charge in [-0.1, -0.05) is 0 Å². The van der Waals surface area contributed by atoms with Crippen LogP contribution in [0.1, 0.15) is 6.92 Å². The molecule has 0 radical (unpaired) electrons. The maximum Gasteiger partial charge on any atom is 0.224 e. The van der Waals surface area contributed by atoms with Crippen molar-refractivity contribution in [3.05, 3.63) is 12.3 Å². The number of carbonyl (C=O) groups is 1. The average Bonchev–Trinajstić information content (AvgIpc) is 2.49. The standard InChI is InChI=1S/C8H10N2O2/c1-6(11)10-4-3-9-8-7(10)2-5-12-8/h2,5,9H,3-4H2,1H3. The number of anilines is 2. The molecule has 0 aromatic carbocycles. The summed E-state index contributed by atoms with van der Waals surface area (Å²) in [5, 5.41) is 3.07. The van der Waals surface area contributed by atoms with E-state index in [9.17, 15) is 4.79 Å². The number of amides is 1. The highest BCUT2D eigenvalue weighted by atomic mass is 16.3. The first kappa shape index (κ1) is 7.21. The average molecular weight is 166 g/mol. The second-order valence-electron chi connectivity index (χ2n) is 2.73. The fourth-order valence-corrected chi connectivity index (χ4v) is 1.38. The lowest BCUT2D eigenvalue weighted by Crippen LogP contribution is -2.36. The van der Waals surface area contributed by atoms with Gasteiger partial charge in [-0.15, -0.1) is 0 Å². The zero-order valence-electron chi connectivity index (χ0n) is 6.83. The Hall–Kier alpha value is -1.45. The summed E-state index contributed by atoms with van der Waals surface area (Å²) in [7, 11) is 0. The zero-order chi connectivity index (χ0) is 8.55. The Morgan fingerprint density at radius 2 is 2.58 bits per heavy atom. The largest absolute Gasteiger partial charge is 0.447 e. The number of nitrogens with one attached hydrogen (secondary N) is 1. The molecule has 0 aliphatic carbocycles. The van der Waals surface area contributed by atoms with Gasteiger partial charge in [0.15, 0.2) is 0 Å². The topological polar surface area (TPSA) is 45.5 Å². The van der Waals surface area contributed by atoms with Gasteiger partial charge in [0.2, 0.25) is 11.8 Å². The first-order valence-corrected chi connectivity index (χ1v) is 3.88. The lowest BCUT2D eigenvalue weighted by molar-refractivity contribution is -0.116. The second-order valence-corrected chi connectivity index (χ2v) is 2.73. The monoisotopic (exact) mass is 166 g/mol. The molecule has 12 heavy (non-hydrogen) atoms. The maximum atomic E-state index is 11.1. The summed E-state index contributed by atoms with van der Waals surface area (Å²) in [6.45, 7) is 3.02. The van der Waals surface area contributed by atoms with E-state index in [4.69, 9.17) is 4.42 Å². The van der Waals surface area contributed by atoms with Crippen molar-refractivity contribution in [1.82, 2.24) is 0 Å². The summed E-state index contributed by atoms with van der Waals surface area (Å²) >= 11 is 0. The summed E-state index contributed by atoms with van der Waals surface area (Å²) in [6, 6.07) is 1.79. The van der Waals surface area contributed by atoms with Gasteiger partial charge in [-0.3, -0.25) is 4.79 Å². The van der Waals surface area contributed by atoms with E-state index in [0.29, 0.717) is 12.4 Å². The van der Waals surface area contributed by atoms with Crippen LogP contribution in [0.3, 0.4) is 0 Å². The molecule has 1 amide bonds. The predicted molar refractivity (Wildman–Crippen MR) is 45.2 cm³/mol. The van der Waals surface area contributed by atoms with Crippen LogP contribution >= 0.6 is 0 Å². The van der Waals surface area contributed by atoms with Crippen LogP contribution in [-0.2, 0) is 4.79 Å². The quantitative estimate of drug-likeness (QED) is 0.626. The smallest absolute Gasteiger partial charge is 0.224 e. The van der Waals surface area contributed by atoms with E-state index in [1.165, 1.54) is 0 Å². The Morgan fingerprint density at radius 1 is 1.75 bits per heavy atom. The Morgan fingerprint density at radius 3 is 3.33 bits per heavy atom. The lowest BCUT2D eigenvalue weighted by Gasteiger charge is -2.25. The van der Waals surface area contributed by atoms with Gasteiger partial charge in [0, 0.05) is 26.1 Å². The van der Waals surface area contributed by atoms with Crippen LogP contribution in [0, 0.1) is 0 Å². The third kappa shape index (κ3) is 0.958. The van der Waals surface area contributed by atoms with Crippen molar-refractivity contribution in [1.29, 1.82) is 0 Å². The van der Waals surface area contributed by atoms with E-state index in [0.717, 1.165) is 12.2 Å². The Bertz CT molecular complexity index is 306. The molecule has 0 bridgehead atoms. The second kappa shape index (κ2) is 2.55. The molecule has 0 saturated carbocycles. The molecule has 2 heterocycles. The first-order valence-electron chi connectivity index (χ1n) is 3.88. The third-order valence-electron chi connectivity index (χ3n) is 1.94. The van der Waals surface area contributed by atoms with Crippen molar-refractivity contribution < 1.29 is 9.21 Å². The molecule has 64 valence electrons. The normalized spacial score (nSPS) is 15.2. The Labute approximate surface area is 70.2 Å². The van der Waals surface area contributed by atoms with E-state index >= 15 is 0 Å². The minimum absolute atomic E-state index is 0.0548. The van der Waals surface area contributed by atoms with Gasteiger partial charge in [0.1, 0.15) is 5.69 Å². The van der Waals surface area contributed by atoms with Crippen LogP contribution in [-0.4, -0.2) is 19.0 Å². The zero-order valence-corrected chi connectivity index (χ0v) is 6.83. The summed E-state index contributed by atoms with van der Waals surface area (Å²) < 4.78 is 5.13. The number of rotatable bonds is 0. The molecule has 0 atom stereocenters. The lowest BCUT2D eigenvalue weighted by atomic mass is 10.3. The molecule has 2 rings (SSSR count). The maximum absolute atomic E-state index is 11.1. The number of hydrogen-bond donors (Lipinski definition) is 1. The molecule has 0 unspecified atom stereocenters. The number of fused-ring (bicyclic) bond motifs is 1. The highest BCUT2D eigenvalue weighted by Crippen LogP contribution is 2.29. The van der Waals surface area contributed by atoms with Crippen molar-refractivity contribution in [2.75, 3.05) is 23.3 Å². The molecule has 1 aromatic rings. The van der Waals surface area contributed by atoms with Crippen molar-refractivity contribution in [2.24, 2.45) is 0 Å². The number of furan rings is 1. The van der Waals surface area contributed by atoms with E-state index in [1.54, 1.807) is 24.2 Å². The number of nitrogens with zero attached hydrogens (tertiary/aromatic N) is 1. The molecular weight excluding hydrogens is 156 g/mol. The molecule has 1 aliphatic rings. The first-order chi connectivity index (χ1) is 5.79. The number of carbonyl (C=O) groups excluding carboxylic acids is 1. The highest BCUT2D eigenvalue weighted by Gasteiger charge is 2.21. The summed E-state index contributed by atoms with van der Waals surface area (Å²) in [6.07, 6.45) is 1.58. The highest BCUT2D eigenvalue weighted by molar-refractivity contribution is 5.95. The van der Waals surface area contributed by atoms with Gasteiger partial charge >= 0.3 is 0 Å². The molecule has 0 fully saturated rings. The van der Waals surface area contributed by atoms with Crippen molar-refractivity contribution in [2.45, 2.75) is 6.92 Å². The van der Waals surface area contributed by atoms with Crippen LogP contribution in [0.2, 0.25) is 0 Å². The molecule has 1 N–H and O–H groups in total. The third-order valence-corrected chi connectivity index (χ3v) is 1.94. The molecular formula is C8H10N2O2. The Balaban J connectivity index is 2.37. The van der Waals surface area contributed by atoms with E-state index in [2.05, 4.69) is 5.32 Å². The van der Waals surface area contributed by atoms with Gasteiger partial charge in [-0.25, -0.2) is 0 Å². The summed E-state index contributed by atoms with van der Waals surface area (Å²) in [5.74, 6) is 0.746. The van der Waals surface area contributed by atoms with E-state index in [1.807, 2.05) is 0 Å². The fraction of sp³-hybridized carbons (Fsp3) is 0.375. The molecule has 4 nitrogen and oxygen atoms in total. The SMILES string of the molecule is CC(=O)N1CCNc2occc21. The van der Waals surface area contributed by atoms with Gasteiger partial charge in [0.25, 0.3) is 0 Å². The van der Waals surface area contributed by atoms with Crippen LogP contribution in [0.5, 0.6) is 0 Å². The van der Waals surface area contributed by atoms with Crippen LogP contribution < -0.4 is 10.2 Å². The molecule has 1 aromatic heterocycles. The van der Waals surface area contributed by atoms with E-state index < -0.39 is 0 Å². The van der Waals surface area contributed by atoms with Crippen LogP contribution in [0.4, 0.5) is 11.6 Å². The summed E-state index contributed by atoms with van der Waals surface area (Å²) in [5.41, 5.74) is 0.841. The Kier molecular flexibility index (Phi) is 1.53. The van der Waals surface area contributed by atoms with Crippen LogP contribution in [0.25, 0.3) is 0 Å².